The lowest BCUT2D eigenvalue weighted by Gasteiger charge is -2.11. The Morgan fingerprint density at radius 3 is 1.15 bits per heavy atom. The minimum Gasteiger partial charge on any atom is -0.454 e. The van der Waals surface area contributed by atoms with Gasteiger partial charge in [-0.3, -0.25) is 0 Å². The lowest BCUT2D eigenvalue weighted by Crippen LogP contribution is -1.95. The van der Waals surface area contributed by atoms with Crippen LogP contribution in [0.25, 0.3) is 110 Å². The highest BCUT2D eigenvalue weighted by Gasteiger charge is 2.20. The first kappa shape index (κ1) is 21.2. The molecule has 0 saturated heterocycles. The molecule has 0 bridgehead atoms. The molecule has 0 aliphatic rings. The van der Waals surface area contributed by atoms with Crippen LogP contribution in [0.3, 0.4) is 0 Å². The van der Waals surface area contributed by atoms with Gasteiger partial charge in [-0.25, -0.2) is 0 Å². The van der Waals surface area contributed by atoms with Gasteiger partial charge in [-0.1, -0.05) is 109 Å². The standard InChI is InChI=1S/C48H28N2O2/c1-5-13-41-33(9-1)37-25-27-39-35-11-3-7-15-43(35)51-47(39)45(37)49(41)31-21-17-29(18-22-31)30-19-23-32(24-20-30)50-42-14-6-2-10-34(42)38-26-28-40-36-12-4-8-16-44(36)52-48(40)46(38)50/h1-28H/i17D,18D,19D,20D,21D,22D,23D,24D. The number of fused-ring (bicyclic) bond motifs is 14. The zero-order valence-electron chi connectivity index (χ0n) is 35.3. The van der Waals surface area contributed by atoms with Crippen molar-refractivity contribution in [3.8, 4) is 22.5 Å². The van der Waals surface area contributed by atoms with E-state index in [1.165, 1.54) is 0 Å². The second kappa shape index (κ2) is 10.3. The summed E-state index contributed by atoms with van der Waals surface area (Å²) in [7, 11) is 0. The number of rotatable bonds is 3. The fraction of sp³-hybridized carbons (Fsp3) is 0. The third-order valence-electron chi connectivity index (χ3n) is 10.3. The highest BCUT2D eigenvalue weighted by atomic mass is 16.3. The third kappa shape index (κ3) is 3.70. The summed E-state index contributed by atoms with van der Waals surface area (Å²) in [6, 6.07) is 34.7. The summed E-state index contributed by atoms with van der Waals surface area (Å²) in [6.45, 7) is 0. The maximum absolute atomic E-state index is 9.50. The first-order valence-corrected chi connectivity index (χ1v) is 17.0. The van der Waals surface area contributed by atoms with Crippen molar-refractivity contribution in [1.82, 2.24) is 9.13 Å². The van der Waals surface area contributed by atoms with Crippen LogP contribution in [0, 0.1) is 0 Å². The fourth-order valence-electron chi connectivity index (χ4n) is 8.01. The fourth-order valence-corrected chi connectivity index (χ4v) is 8.01. The molecule has 0 amide bonds. The Bertz CT molecular complexity index is 3580. The Hall–Kier alpha value is -7.04. The molecular formula is C48H28N2O2. The van der Waals surface area contributed by atoms with Gasteiger partial charge in [0.1, 0.15) is 11.2 Å². The van der Waals surface area contributed by atoms with Crippen LogP contribution in [0.15, 0.2) is 179 Å². The van der Waals surface area contributed by atoms with Gasteiger partial charge in [-0.15, -0.1) is 0 Å². The van der Waals surface area contributed by atoms with Gasteiger partial charge in [0, 0.05) is 54.5 Å². The molecule has 0 N–H and O–H groups in total. The smallest absolute Gasteiger partial charge is 0.160 e. The quantitative estimate of drug-likeness (QED) is 0.187. The second-order valence-electron chi connectivity index (χ2n) is 13.0. The molecule has 4 aromatic heterocycles. The van der Waals surface area contributed by atoms with Gasteiger partial charge in [-0.2, -0.15) is 0 Å². The van der Waals surface area contributed by atoms with Gasteiger partial charge < -0.3 is 18.0 Å². The normalized spacial score (nSPS) is 14.4. The summed E-state index contributed by atoms with van der Waals surface area (Å²) in [4.78, 5) is 0. The van der Waals surface area contributed by atoms with E-state index in [1.807, 2.05) is 121 Å². The number of hydrogen-bond acceptors (Lipinski definition) is 2. The van der Waals surface area contributed by atoms with Crippen LogP contribution in [0.2, 0.25) is 0 Å². The molecule has 0 unspecified atom stereocenters. The summed E-state index contributed by atoms with van der Waals surface area (Å²) >= 11 is 0. The van der Waals surface area contributed by atoms with Crippen LogP contribution in [0.5, 0.6) is 0 Å². The van der Waals surface area contributed by atoms with E-state index < -0.39 is 48.3 Å². The van der Waals surface area contributed by atoms with E-state index in [2.05, 4.69) is 0 Å². The van der Waals surface area contributed by atoms with E-state index in [-0.39, 0.29) is 22.5 Å². The summed E-state index contributed by atoms with van der Waals surface area (Å²) in [6.07, 6.45) is 0. The maximum atomic E-state index is 9.50. The van der Waals surface area contributed by atoms with Crippen molar-refractivity contribution in [2.75, 3.05) is 0 Å². The van der Waals surface area contributed by atoms with E-state index in [0.717, 1.165) is 43.1 Å². The van der Waals surface area contributed by atoms with Crippen molar-refractivity contribution in [3.05, 3.63) is 170 Å². The van der Waals surface area contributed by atoms with Crippen molar-refractivity contribution in [2.24, 2.45) is 0 Å². The average Bonchev–Trinajstić information content (AvgIpc) is 4.02. The molecule has 52 heavy (non-hydrogen) atoms. The van der Waals surface area contributed by atoms with E-state index in [4.69, 9.17) is 8.83 Å². The summed E-state index contributed by atoms with van der Waals surface area (Å²) < 4.78 is 92.0. The molecule has 4 heteroatoms. The number of aromatic nitrogens is 2. The number of nitrogens with zero attached hydrogens (tertiary/aromatic N) is 2. The number of para-hydroxylation sites is 4. The zero-order chi connectivity index (χ0) is 40.9. The highest BCUT2D eigenvalue weighted by molar-refractivity contribution is 6.22. The summed E-state index contributed by atoms with van der Waals surface area (Å²) in [5.74, 6) is 0. The van der Waals surface area contributed by atoms with Gasteiger partial charge in [-0.05, 0) is 71.7 Å². The van der Waals surface area contributed by atoms with Crippen molar-refractivity contribution < 1.29 is 19.8 Å². The van der Waals surface area contributed by atoms with Crippen LogP contribution < -0.4 is 0 Å². The van der Waals surface area contributed by atoms with Gasteiger partial charge >= 0.3 is 0 Å². The summed E-state index contributed by atoms with van der Waals surface area (Å²) in [5.41, 5.74) is 4.15. The average molecular weight is 673 g/mol. The topological polar surface area (TPSA) is 36.1 Å². The van der Waals surface area contributed by atoms with Crippen LogP contribution in [-0.2, 0) is 0 Å². The van der Waals surface area contributed by atoms with Gasteiger partial charge in [0.25, 0.3) is 0 Å². The van der Waals surface area contributed by atoms with Crippen molar-refractivity contribution in [2.45, 2.75) is 0 Å². The Morgan fingerprint density at radius 1 is 0.346 bits per heavy atom. The molecule has 0 spiro atoms. The van der Waals surface area contributed by atoms with Crippen molar-refractivity contribution >= 4 is 87.5 Å². The van der Waals surface area contributed by atoms with Gasteiger partial charge in [0.05, 0.1) is 33.0 Å². The molecule has 12 rings (SSSR count). The molecule has 12 aromatic rings. The van der Waals surface area contributed by atoms with Crippen LogP contribution in [0.4, 0.5) is 0 Å². The van der Waals surface area contributed by atoms with Crippen LogP contribution in [-0.4, -0.2) is 9.13 Å². The molecule has 0 atom stereocenters. The van der Waals surface area contributed by atoms with E-state index >= 15 is 0 Å². The molecule has 8 aromatic carbocycles. The Balaban J connectivity index is 1.13. The minimum atomic E-state index is -0.497. The molecule has 4 heterocycles. The molecule has 0 fully saturated rings. The molecule has 242 valence electrons. The number of furan rings is 2. The minimum absolute atomic E-state index is 0.0279. The van der Waals surface area contributed by atoms with E-state index in [0.29, 0.717) is 44.4 Å². The Labute approximate surface area is 308 Å². The van der Waals surface area contributed by atoms with Crippen LogP contribution in [0.1, 0.15) is 11.0 Å². The van der Waals surface area contributed by atoms with Gasteiger partial charge in [0.2, 0.25) is 0 Å². The van der Waals surface area contributed by atoms with E-state index in [1.54, 1.807) is 9.13 Å². The molecule has 0 radical (unpaired) electrons. The van der Waals surface area contributed by atoms with Crippen molar-refractivity contribution in [3.63, 3.8) is 0 Å². The lowest BCUT2D eigenvalue weighted by molar-refractivity contribution is 0.670. The molecule has 0 saturated carbocycles. The SMILES string of the molecule is [2H]c1c([2H])c(-n2c3ccccc3c3ccc4c5ccccc5oc4c32)c([2H])c([2H])c1-c1c([2H])c([2H])c(-n2c3ccccc3c3ccc4c5ccccc5oc4c32)c([2H])c1[2H]. The first-order chi connectivity index (χ1) is 29.2. The molecule has 0 aliphatic heterocycles. The Kier molecular flexibility index (Phi) is 4.19. The molecule has 4 nitrogen and oxygen atoms in total. The number of hydrogen-bond donors (Lipinski definition) is 0. The monoisotopic (exact) mass is 672 g/mol. The third-order valence-corrected chi connectivity index (χ3v) is 10.3. The molecular weight excluding hydrogens is 637 g/mol. The zero-order valence-corrected chi connectivity index (χ0v) is 27.3. The predicted octanol–water partition coefficient (Wildman–Crippen LogP) is 13.3. The summed E-state index contributed by atoms with van der Waals surface area (Å²) in [5, 5.41) is 6.74. The second-order valence-corrected chi connectivity index (χ2v) is 13.0. The first-order valence-electron chi connectivity index (χ1n) is 21.0. The predicted molar refractivity (Wildman–Crippen MR) is 215 cm³/mol. The maximum Gasteiger partial charge on any atom is 0.160 e. The van der Waals surface area contributed by atoms with Crippen LogP contribution >= 0.6 is 0 Å². The van der Waals surface area contributed by atoms with E-state index in [9.17, 15) is 11.0 Å². The lowest BCUT2D eigenvalue weighted by atomic mass is 10.0. The molecule has 0 aliphatic carbocycles. The van der Waals surface area contributed by atoms with Crippen molar-refractivity contribution in [1.29, 1.82) is 0 Å². The highest BCUT2D eigenvalue weighted by Crippen LogP contribution is 2.42. The Morgan fingerprint density at radius 2 is 0.712 bits per heavy atom. The number of benzene rings is 8. The van der Waals surface area contributed by atoms with Gasteiger partial charge in [0.15, 0.2) is 11.2 Å². The largest absolute Gasteiger partial charge is 0.454 e.